The Bertz CT molecular complexity index is 841. The Morgan fingerprint density at radius 3 is 1.37 bits per heavy atom. The Kier molecular flexibility index (Phi) is 9.66. The lowest BCUT2D eigenvalue weighted by molar-refractivity contribution is -0.0207. The predicted molar refractivity (Wildman–Crippen MR) is 131 cm³/mol. The number of hydrogen-bond donors (Lipinski definition) is 0. The van der Waals surface area contributed by atoms with Gasteiger partial charge in [-0.05, 0) is 105 Å². The Balaban J connectivity index is 1.90. The van der Waals surface area contributed by atoms with Crippen molar-refractivity contribution < 1.29 is 19.2 Å². The van der Waals surface area contributed by atoms with E-state index >= 15 is 0 Å². The molecule has 0 spiro atoms. The van der Waals surface area contributed by atoms with E-state index in [0.29, 0.717) is 36.8 Å². The minimum atomic E-state index is -0.163. The van der Waals surface area contributed by atoms with Crippen molar-refractivity contribution >= 4 is 24.3 Å². The van der Waals surface area contributed by atoms with E-state index in [2.05, 4.69) is 33.8 Å². The average Bonchev–Trinajstić information content (AvgIpc) is 2.84. The second-order valence-electron chi connectivity index (χ2n) is 11.9. The van der Waals surface area contributed by atoms with Crippen LogP contribution < -0.4 is 0 Å². The van der Waals surface area contributed by atoms with Gasteiger partial charge in [-0.2, -0.15) is 0 Å². The van der Waals surface area contributed by atoms with Gasteiger partial charge >= 0.3 is 0 Å². The number of hydrogen-bond acceptors (Lipinski definition) is 8. The molecule has 0 heterocycles. The van der Waals surface area contributed by atoms with Gasteiger partial charge < -0.3 is 0 Å². The zero-order valence-electron chi connectivity index (χ0n) is 21.1. The SMILES string of the molecule is CC1(CN=C=O)CC(C(C2CCC(N=C=O)CC2)C2CCC(N=C=O)CC2)CC(C)(CN=C=O)C1. The van der Waals surface area contributed by atoms with Gasteiger partial charge in [0.15, 0.2) is 0 Å². The van der Waals surface area contributed by atoms with E-state index in [1.165, 1.54) is 0 Å². The number of rotatable bonds is 9. The van der Waals surface area contributed by atoms with Gasteiger partial charge in [-0.3, -0.25) is 0 Å². The summed E-state index contributed by atoms with van der Waals surface area (Å²) >= 11 is 0. The molecule has 0 saturated heterocycles. The largest absolute Gasteiger partial charge is 0.235 e. The number of nitrogens with zero attached hydrogens (tertiary/aromatic N) is 4. The van der Waals surface area contributed by atoms with Gasteiger partial charge in [0.1, 0.15) is 0 Å². The molecule has 0 aliphatic heterocycles. The van der Waals surface area contributed by atoms with Gasteiger partial charge in [0.25, 0.3) is 0 Å². The summed E-state index contributed by atoms with van der Waals surface area (Å²) in [7, 11) is 0. The van der Waals surface area contributed by atoms with Crippen molar-refractivity contribution in [2.45, 2.75) is 96.6 Å². The predicted octanol–water partition coefficient (Wildman–Crippen LogP) is 4.88. The molecule has 3 aliphatic carbocycles. The summed E-state index contributed by atoms with van der Waals surface area (Å²) in [6.07, 6.45) is 17.5. The highest BCUT2D eigenvalue weighted by atomic mass is 16.1. The van der Waals surface area contributed by atoms with Gasteiger partial charge in [-0.1, -0.05) is 13.8 Å². The minimum absolute atomic E-state index is 0.0767. The van der Waals surface area contributed by atoms with Crippen LogP contribution in [0.25, 0.3) is 0 Å². The molecule has 3 fully saturated rings. The quantitative estimate of drug-likeness (QED) is 0.344. The van der Waals surface area contributed by atoms with Crippen LogP contribution in [0.5, 0.6) is 0 Å². The molecule has 0 aromatic heterocycles. The van der Waals surface area contributed by atoms with Gasteiger partial charge in [0, 0.05) is 0 Å². The summed E-state index contributed by atoms with van der Waals surface area (Å²) in [6.45, 7) is 5.26. The molecule has 190 valence electrons. The number of carbonyl (C=O) groups excluding carboxylic acids is 4. The van der Waals surface area contributed by atoms with E-state index in [0.717, 1.165) is 70.6 Å². The Morgan fingerprint density at radius 2 is 1.03 bits per heavy atom. The maximum absolute atomic E-state index is 11.0. The molecule has 2 unspecified atom stereocenters. The molecule has 2 atom stereocenters. The molecule has 0 N–H and O–H groups in total. The van der Waals surface area contributed by atoms with Crippen molar-refractivity contribution in [1.29, 1.82) is 0 Å². The molecule has 0 radical (unpaired) electrons. The second kappa shape index (κ2) is 12.5. The lowest BCUT2D eigenvalue weighted by atomic mass is 9.53. The summed E-state index contributed by atoms with van der Waals surface area (Å²) in [5.74, 6) is 1.96. The normalized spacial score (nSPS) is 37.9. The van der Waals surface area contributed by atoms with Gasteiger partial charge in [0.2, 0.25) is 24.3 Å². The minimum Gasteiger partial charge on any atom is -0.211 e. The van der Waals surface area contributed by atoms with Crippen LogP contribution in [0.1, 0.15) is 84.5 Å². The fourth-order valence-corrected chi connectivity index (χ4v) is 8.01. The van der Waals surface area contributed by atoms with E-state index in [4.69, 9.17) is 0 Å². The first kappa shape index (κ1) is 27.1. The van der Waals surface area contributed by atoms with Crippen LogP contribution in [0.15, 0.2) is 20.0 Å². The van der Waals surface area contributed by atoms with E-state index in [9.17, 15) is 19.2 Å². The van der Waals surface area contributed by atoms with Crippen LogP contribution in [0.2, 0.25) is 0 Å². The Morgan fingerprint density at radius 1 is 0.629 bits per heavy atom. The molecule has 0 aromatic rings. The number of isocyanates is 4. The summed E-state index contributed by atoms with van der Waals surface area (Å²) in [4.78, 5) is 59.5. The van der Waals surface area contributed by atoms with E-state index < -0.39 is 0 Å². The van der Waals surface area contributed by atoms with Gasteiger partial charge in [-0.15, -0.1) is 0 Å². The molecule has 0 bridgehead atoms. The van der Waals surface area contributed by atoms with Gasteiger partial charge in [-0.25, -0.2) is 39.1 Å². The molecule has 3 rings (SSSR count). The van der Waals surface area contributed by atoms with Crippen molar-refractivity contribution in [2.75, 3.05) is 13.1 Å². The van der Waals surface area contributed by atoms with Gasteiger partial charge in [0.05, 0.1) is 25.2 Å². The maximum Gasteiger partial charge on any atom is 0.235 e. The lowest BCUT2D eigenvalue weighted by Crippen LogP contribution is -2.46. The first-order chi connectivity index (χ1) is 16.8. The van der Waals surface area contributed by atoms with Crippen LogP contribution in [0.4, 0.5) is 0 Å². The summed E-state index contributed by atoms with van der Waals surface area (Å²) in [6, 6.07) is 0.153. The summed E-state index contributed by atoms with van der Waals surface area (Å²) in [5, 5.41) is 0. The van der Waals surface area contributed by atoms with E-state index in [1.807, 2.05) is 0 Å². The molecule has 8 nitrogen and oxygen atoms in total. The molecule has 0 amide bonds. The van der Waals surface area contributed by atoms with E-state index in [1.54, 1.807) is 24.3 Å². The van der Waals surface area contributed by atoms with Crippen molar-refractivity contribution in [2.24, 2.45) is 54.5 Å². The topological polar surface area (TPSA) is 118 Å². The molecule has 35 heavy (non-hydrogen) atoms. The lowest BCUT2D eigenvalue weighted by Gasteiger charge is -2.53. The molecular weight excluding hydrogens is 444 g/mol. The molecule has 0 aromatic carbocycles. The third-order valence-corrected chi connectivity index (χ3v) is 9.00. The van der Waals surface area contributed by atoms with Crippen LogP contribution in [-0.2, 0) is 19.2 Å². The highest BCUT2D eigenvalue weighted by Crippen LogP contribution is 2.56. The zero-order chi connectivity index (χ0) is 25.3. The third-order valence-electron chi connectivity index (χ3n) is 9.00. The van der Waals surface area contributed by atoms with Crippen LogP contribution >= 0.6 is 0 Å². The third kappa shape index (κ3) is 7.26. The Labute approximate surface area is 207 Å². The second-order valence-corrected chi connectivity index (χ2v) is 11.9. The molecule has 3 aliphatic rings. The maximum atomic E-state index is 11.0. The number of aliphatic imine (C=N–C) groups is 4. The highest BCUT2D eigenvalue weighted by Gasteiger charge is 2.49. The van der Waals surface area contributed by atoms with Crippen LogP contribution in [0.3, 0.4) is 0 Å². The molecular formula is C27H38N4O4. The van der Waals surface area contributed by atoms with Crippen LogP contribution in [-0.4, -0.2) is 49.5 Å². The zero-order valence-corrected chi connectivity index (χ0v) is 21.1. The monoisotopic (exact) mass is 482 g/mol. The highest BCUT2D eigenvalue weighted by molar-refractivity contribution is 5.34. The van der Waals surface area contributed by atoms with Crippen molar-refractivity contribution in [3.8, 4) is 0 Å². The van der Waals surface area contributed by atoms with Crippen molar-refractivity contribution in [3.05, 3.63) is 0 Å². The van der Waals surface area contributed by atoms with Crippen molar-refractivity contribution in [1.82, 2.24) is 0 Å². The fraction of sp³-hybridized carbons (Fsp3) is 0.852. The summed E-state index contributed by atoms with van der Waals surface area (Å²) < 4.78 is 0. The fourth-order valence-electron chi connectivity index (χ4n) is 8.01. The van der Waals surface area contributed by atoms with E-state index in [-0.39, 0.29) is 22.9 Å². The first-order valence-electron chi connectivity index (χ1n) is 13.1. The Hall–Kier alpha value is -2.48. The smallest absolute Gasteiger partial charge is 0.211 e. The average molecular weight is 483 g/mol. The summed E-state index contributed by atoms with van der Waals surface area (Å²) in [5.41, 5.74) is -0.326. The molecule has 8 heteroatoms. The standard InChI is InChI=1S/C27H38N4O4/c1-26(14-28-16-32)11-22(12-27(2,13-26)15-29-17-33)25(20-3-7-23(8-4-20)30-18-34)21-5-9-24(10-6-21)31-19-35/h20-25H,3-15H2,1-2H3. The van der Waals surface area contributed by atoms with Crippen LogP contribution in [0, 0.1) is 34.5 Å². The first-order valence-corrected chi connectivity index (χ1v) is 13.1. The van der Waals surface area contributed by atoms with Crippen molar-refractivity contribution in [3.63, 3.8) is 0 Å². The molecule has 3 saturated carbocycles.